The van der Waals surface area contributed by atoms with E-state index in [2.05, 4.69) is 14.2 Å². The molecular formula is C26H46O10Rf-2. The van der Waals surface area contributed by atoms with Gasteiger partial charge in [0.25, 0.3) is 0 Å². The Morgan fingerprint density at radius 2 is 1.22 bits per heavy atom. The number of hydrogen-bond donors (Lipinski definition) is 0. The summed E-state index contributed by atoms with van der Waals surface area (Å²) in [5.74, 6) is 0. The Bertz CT molecular complexity index is 523. The zero-order chi connectivity index (χ0) is 25.3. The largest absolute Gasteiger partial charge is 0.553 e. The van der Waals surface area contributed by atoms with Crippen molar-refractivity contribution in [3.63, 3.8) is 0 Å². The summed E-state index contributed by atoms with van der Waals surface area (Å²) in [6.07, 6.45) is 9.44. The summed E-state index contributed by atoms with van der Waals surface area (Å²) >= 11 is 0. The molecule has 4 aliphatic rings. The van der Waals surface area contributed by atoms with Crippen LogP contribution in [0.2, 0.25) is 0 Å². The molecule has 0 N–H and O–H groups in total. The molecule has 0 radical (unpaired) electrons. The summed E-state index contributed by atoms with van der Waals surface area (Å²) in [6, 6.07) is 0. The van der Waals surface area contributed by atoms with Crippen molar-refractivity contribution in [2.45, 2.75) is 95.0 Å². The number of ether oxygens (including phenoxy) is 10. The van der Waals surface area contributed by atoms with Crippen LogP contribution in [0.3, 0.4) is 0 Å². The van der Waals surface area contributed by atoms with Gasteiger partial charge >= 0.3 is 0 Å². The molecule has 0 spiro atoms. The zero-order valence-electron chi connectivity index (χ0n) is 22.4. The minimum absolute atomic E-state index is 0. The van der Waals surface area contributed by atoms with Crippen LogP contribution in [0.5, 0.6) is 0 Å². The molecule has 10 nitrogen and oxygen atoms in total. The standard InChI is InChI=1S/C16H29O6.C10H17O4.Rf/c1-17-12-14(22-16-7-3-5-9-20-16)13-18-10-11-21-15-6-2-4-8-19-15;1-11-6-9(8-7-13-8)14-10-4-2-3-5-12-10;/h14-16H,1-13H2;8-10H,1-7H2;/q2*-1;. The molecule has 4 saturated heterocycles. The van der Waals surface area contributed by atoms with Crippen molar-refractivity contribution in [3.05, 3.63) is 14.2 Å². The maximum atomic E-state index is 5.85. The zero-order valence-corrected chi connectivity index (χ0v) is 28.8. The van der Waals surface area contributed by atoms with Crippen molar-refractivity contribution < 1.29 is 47.4 Å². The second-order valence-electron chi connectivity index (χ2n) is 9.38. The monoisotopic (exact) mass is 785 g/mol. The second kappa shape index (κ2) is 19.6. The molecule has 0 aromatic carbocycles. The van der Waals surface area contributed by atoms with Gasteiger partial charge in [-0.05, 0) is 57.8 Å². The Kier molecular flexibility index (Phi) is 16.9. The predicted octanol–water partition coefficient (Wildman–Crippen LogP) is 3.37. The van der Waals surface area contributed by atoms with Crippen molar-refractivity contribution in [3.8, 4) is 0 Å². The van der Waals surface area contributed by atoms with Gasteiger partial charge in [0.05, 0.1) is 26.4 Å². The van der Waals surface area contributed by atoms with E-state index in [9.17, 15) is 0 Å². The predicted molar refractivity (Wildman–Crippen MR) is 130 cm³/mol. The van der Waals surface area contributed by atoms with Gasteiger partial charge < -0.3 is 47.4 Å². The van der Waals surface area contributed by atoms with Gasteiger partial charge in [-0.2, -0.15) is 0 Å². The van der Waals surface area contributed by atoms with Crippen LogP contribution in [0.1, 0.15) is 57.8 Å². The Hall–Kier alpha value is -1.40. The molecule has 214 valence electrons. The molecule has 4 fully saturated rings. The third-order valence-corrected chi connectivity index (χ3v) is 6.28. The molecule has 6 unspecified atom stereocenters. The molecule has 0 saturated carbocycles. The summed E-state index contributed by atoms with van der Waals surface area (Å²) < 4.78 is 54.3. The van der Waals surface area contributed by atoms with Gasteiger partial charge in [0, 0.05) is 33.0 Å². The third kappa shape index (κ3) is 13.8. The van der Waals surface area contributed by atoms with Crippen molar-refractivity contribution in [1.29, 1.82) is 0 Å². The summed E-state index contributed by atoms with van der Waals surface area (Å²) in [6.45, 7) is 5.49. The number of rotatable bonds is 15. The topological polar surface area (TPSA) is 95.6 Å². The minimum Gasteiger partial charge on any atom is -0.553 e. The molecule has 4 aliphatic heterocycles. The average Bonchev–Trinajstić information content (AvgIpc) is 3.76. The fraction of sp³-hybridized carbons (Fsp3) is 0.923. The van der Waals surface area contributed by atoms with E-state index >= 15 is 0 Å². The Labute approximate surface area is 216 Å². The second-order valence-corrected chi connectivity index (χ2v) is 9.38. The van der Waals surface area contributed by atoms with Crippen LogP contribution in [-0.4, -0.2) is 96.6 Å². The first-order chi connectivity index (χ1) is 17.8. The Morgan fingerprint density at radius 3 is 1.73 bits per heavy atom. The Balaban J connectivity index is 0.000000277. The average molecular weight is 786 g/mol. The summed E-state index contributed by atoms with van der Waals surface area (Å²) in [7, 11) is 6.76. The molecule has 11 heteroatoms. The number of epoxide rings is 1. The van der Waals surface area contributed by atoms with Crippen LogP contribution in [-0.2, 0) is 47.4 Å². The first-order valence-electron chi connectivity index (χ1n) is 13.5. The molecule has 4 heterocycles. The smallest absolute Gasteiger partial charge is 0.158 e. The summed E-state index contributed by atoms with van der Waals surface area (Å²) in [5.41, 5.74) is 0. The van der Waals surface area contributed by atoms with Crippen molar-refractivity contribution in [1.82, 2.24) is 0 Å². The van der Waals surface area contributed by atoms with Crippen LogP contribution in [0.15, 0.2) is 0 Å². The van der Waals surface area contributed by atoms with Crippen molar-refractivity contribution in [2.24, 2.45) is 0 Å². The maximum absolute atomic E-state index is 5.85. The van der Waals surface area contributed by atoms with E-state index in [4.69, 9.17) is 47.4 Å². The summed E-state index contributed by atoms with van der Waals surface area (Å²) in [5, 5.41) is 0. The van der Waals surface area contributed by atoms with Gasteiger partial charge in [-0.25, -0.2) is 14.2 Å². The Morgan fingerprint density at radius 1 is 0.649 bits per heavy atom. The fourth-order valence-corrected chi connectivity index (χ4v) is 4.22. The molecule has 6 atom stereocenters. The van der Waals surface area contributed by atoms with Crippen LogP contribution in [0.25, 0.3) is 0 Å². The number of hydrogen-bond acceptors (Lipinski definition) is 10. The van der Waals surface area contributed by atoms with Gasteiger partial charge in [0.15, 0.2) is 18.9 Å². The van der Waals surface area contributed by atoms with Crippen LogP contribution >= 0.6 is 0 Å². The van der Waals surface area contributed by atoms with Crippen LogP contribution in [0.4, 0.5) is 0 Å². The van der Waals surface area contributed by atoms with E-state index in [1.54, 1.807) is 0 Å². The normalized spacial score (nSPS) is 29.4. The van der Waals surface area contributed by atoms with Crippen molar-refractivity contribution in [2.75, 3.05) is 59.5 Å². The molecule has 4 rings (SSSR count). The molecule has 37 heavy (non-hydrogen) atoms. The first kappa shape index (κ1) is 31.8. The van der Waals surface area contributed by atoms with E-state index in [-0.39, 0.29) is 37.2 Å². The quantitative estimate of drug-likeness (QED) is 0.140. The maximum Gasteiger partial charge on any atom is 0.158 e. The van der Waals surface area contributed by atoms with E-state index < -0.39 is 0 Å². The van der Waals surface area contributed by atoms with E-state index in [0.29, 0.717) is 33.0 Å². The molecule has 0 bridgehead atoms. The van der Waals surface area contributed by atoms with Gasteiger partial charge in [0.2, 0.25) is 0 Å². The molecule has 0 aliphatic carbocycles. The molecule has 0 amide bonds. The molecule has 0 aromatic rings. The first-order valence-corrected chi connectivity index (χ1v) is 13.5. The van der Waals surface area contributed by atoms with Crippen molar-refractivity contribution >= 4 is 0 Å². The van der Waals surface area contributed by atoms with Crippen LogP contribution < -0.4 is 0 Å². The minimum atomic E-state index is -0.161. The van der Waals surface area contributed by atoms with Gasteiger partial charge in [-0.3, -0.25) is 0 Å². The van der Waals surface area contributed by atoms with E-state index in [0.717, 1.165) is 71.4 Å². The van der Waals surface area contributed by atoms with E-state index in [1.165, 1.54) is 12.8 Å². The fourth-order valence-electron chi connectivity index (χ4n) is 4.22. The van der Waals surface area contributed by atoms with Gasteiger partial charge in [0.1, 0.15) is 18.3 Å². The third-order valence-electron chi connectivity index (χ3n) is 6.28. The summed E-state index contributed by atoms with van der Waals surface area (Å²) in [4.78, 5) is 0. The van der Waals surface area contributed by atoms with Gasteiger partial charge in [-0.15, -0.1) is 0 Å². The SMILES string of the molecule is [CH2-]OCC(COCCOC1CCCCO1)OC1CCCCO1.[CH2-]OCC(OC1CCCCO1)C1CO1.[Rf]. The van der Waals surface area contributed by atoms with Gasteiger partial charge in [-0.1, -0.05) is 0 Å². The molecule has 0 aromatic heterocycles. The van der Waals surface area contributed by atoms with E-state index in [1.807, 2.05) is 0 Å². The van der Waals surface area contributed by atoms with Crippen LogP contribution in [0, 0.1) is 14.2 Å². The molecular weight excluding hydrogens is 739 g/mol.